The lowest BCUT2D eigenvalue weighted by Crippen LogP contribution is -2.50. The fraction of sp³-hybridized carbons (Fsp3) is 0.414. The van der Waals surface area contributed by atoms with Crippen molar-refractivity contribution in [3.63, 3.8) is 0 Å². The maximum atomic E-state index is 12.4. The number of aromatic nitrogens is 2. The third kappa shape index (κ3) is 5.54. The van der Waals surface area contributed by atoms with E-state index in [4.69, 9.17) is 24.4 Å². The molecular formula is C29H35N9O3. The summed E-state index contributed by atoms with van der Waals surface area (Å²) in [5.74, 6) is 2.26. The Bertz CT molecular complexity index is 1440. The molecule has 12 nitrogen and oxygen atoms in total. The first kappa shape index (κ1) is 26.6. The highest BCUT2D eigenvalue weighted by molar-refractivity contribution is 6.25. The zero-order valence-corrected chi connectivity index (χ0v) is 23.9. The summed E-state index contributed by atoms with van der Waals surface area (Å²) in [5.41, 5.74) is 7.81. The van der Waals surface area contributed by atoms with E-state index < -0.39 is 5.60 Å². The number of carbonyl (C=O) groups excluding carboxylic acids is 1. The Labute approximate surface area is 239 Å². The summed E-state index contributed by atoms with van der Waals surface area (Å²) in [7, 11) is 1.61. The highest BCUT2D eigenvalue weighted by Gasteiger charge is 2.33. The minimum atomic E-state index is -0.510. The number of hydrazine groups is 1. The summed E-state index contributed by atoms with van der Waals surface area (Å²) in [5, 5.41) is 1.93. The molecule has 6 heterocycles. The van der Waals surface area contributed by atoms with Crippen LogP contribution in [-0.2, 0) is 4.74 Å². The highest BCUT2D eigenvalue weighted by Crippen LogP contribution is 2.34. The third-order valence-corrected chi connectivity index (χ3v) is 7.19. The standard InChI is InChI=1S/C29H35N9O3/c1-29(2,3)41-28(39)36-15-13-35(14-16-36)25-6-5-22(27(33-25)40-4)34-37-18-24-23(32-19-37)17-21(20-7-9-30-10-8-20)26-31-11-12-38(24)26/h5-10,17,19,34H,11-16,18H2,1-4H3. The number of amidine groups is 1. The summed E-state index contributed by atoms with van der Waals surface area (Å²) >= 11 is 0. The van der Waals surface area contributed by atoms with Crippen LogP contribution in [0.15, 0.2) is 64.1 Å². The quantitative estimate of drug-likeness (QED) is 0.592. The second kappa shape index (κ2) is 10.8. The number of fused-ring (bicyclic) bond motifs is 2. The van der Waals surface area contributed by atoms with Gasteiger partial charge in [-0.05, 0) is 56.7 Å². The third-order valence-electron chi connectivity index (χ3n) is 7.19. The molecule has 0 aromatic carbocycles. The number of anilines is 2. The molecule has 0 saturated carbocycles. The molecule has 4 aliphatic heterocycles. The van der Waals surface area contributed by atoms with Crippen molar-refractivity contribution in [3.8, 4) is 5.88 Å². The highest BCUT2D eigenvalue weighted by atomic mass is 16.6. The number of amides is 1. The number of hydrogen-bond donors (Lipinski definition) is 1. The zero-order valence-electron chi connectivity index (χ0n) is 23.9. The molecule has 0 bridgehead atoms. The van der Waals surface area contributed by atoms with Crippen molar-refractivity contribution >= 4 is 35.3 Å². The molecule has 1 N–H and O–H groups in total. The van der Waals surface area contributed by atoms with Crippen LogP contribution in [0.5, 0.6) is 5.88 Å². The fourth-order valence-electron chi connectivity index (χ4n) is 5.23. The summed E-state index contributed by atoms with van der Waals surface area (Å²) in [6.07, 6.45) is 7.22. The summed E-state index contributed by atoms with van der Waals surface area (Å²) < 4.78 is 11.2. The van der Waals surface area contributed by atoms with E-state index in [-0.39, 0.29) is 6.09 Å². The van der Waals surface area contributed by atoms with Gasteiger partial charge in [-0.25, -0.2) is 9.79 Å². The number of pyridine rings is 2. The van der Waals surface area contributed by atoms with Gasteiger partial charge >= 0.3 is 6.09 Å². The lowest BCUT2D eigenvalue weighted by atomic mass is 9.99. The van der Waals surface area contributed by atoms with Gasteiger partial charge in [0.15, 0.2) is 0 Å². The minimum Gasteiger partial charge on any atom is -0.479 e. The van der Waals surface area contributed by atoms with E-state index in [1.54, 1.807) is 30.7 Å². The first-order valence-corrected chi connectivity index (χ1v) is 13.8. The number of methoxy groups -OCH3 is 1. The van der Waals surface area contributed by atoms with Crippen LogP contribution in [0.1, 0.15) is 26.3 Å². The van der Waals surface area contributed by atoms with Crippen molar-refractivity contribution in [2.24, 2.45) is 9.98 Å². The second-order valence-corrected chi connectivity index (χ2v) is 11.1. The number of piperazine rings is 1. The summed E-state index contributed by atoms with van der Waals surface area (Å²) in [6.45, 7) is 10.3. The van der Waals surface area contributed by atoms with Crippen LogP contribution in [0.2, 0.25) is 0 Å². The van der Waals surface area contributed by atoms with Crippen LogP contribution in [0.25, 0.3) is 5.57 Å². The number of ether oxygens (including phenoxy) is 2. The van der Waals surface area contributed by atoms with Crippen LogP contribution >= 0.6 is 0 Å². The Morgan fingerprint density at radius 1 is 1.02 bits per heavy atom. The predicted octanol–water partition coefficient (Wildman–Crippen LogP) is 3.24. The van der Waals surface area contributed by atoms with Gasteiger partial charge in [0.2, 0.25) is 5.88 Å². The Morgan fingerprint density at radius 2 is 1.80 bits per heavy atom. The minimum absolute atomic E-state index is 0.280. The topological polar surface area (TPSA) is 111 Å². The molecule has 0 unspecified atom stereocenters. The van der Waals surface area contributed by atoms with E-state index in [0.717, 1.165) is 53.0 Å². The molecule has 1 amide bonds. The second-order valence-electron chi connectivity index (χ2n) is 11.1. The lowest BCUT2D eigenvalue weighted by Gasteiger charge is -2.36. The van der Waals surface area contributed by atoms with Gasteiger partial charge in [-0.1, -0.05) is 0 Å². The Balaban J connectivity index is 1.13. The first-order valence-electron chi connectivity index (χ1n) is 13.8. The Kier molecular flexibility index (Phi) is 6.98. The summed E-state index contributed by atoms with van der Waals surface area (Å²) in [4.78, 5) is 37.1. The van der Waals surface area contributed by atoms with Crippen LogP contribution in [0, 0.1) is 0 Å². The average Bonchev–Trinajstić information content (AvgIpc) is 3.47. The normalized spacial score (nSPS) is 18.5. The molecular weight excluding hydrogens is 522 g/mol. The number of nitrogens with one attached hydrogen (secondary N) is 1. The molecule has 1 saturated heterocycles. The van der Waals surface area contributed by atoms with E-state index in [1.165, 1.54) is 0 Å². The van der Waals surface area contributed by atoms with E-state index in [9.17, 15) is 4.79 Å². The van der Waals surface area contributed by atoms with E-state index >= 15 is 0 Å². The molecule has 214 valence electrons. The van der Waals surface area contributed by atoms with Gasteiger partial charge in [0.25, 0.3) is 0 Å². The van der Waals surface area contributed by atoms with E-state index in [2.05, 4.69) is 26.3 Å². The van der Waals surface area contributed by atoms with Crippen molar-refractivity contribution in [2.75, 3.05) is 63.2 Å². The predicted molar refractivity (Wildman–Crippen MR) is 158 cm³/mol. The van der Waals surface area contributed by atoms with Crippen molar-refractivity contribution in [1.82, 2.24) is 24.8 Å². The van der Waals surface area contributed by atoms with E-state index in [1.807, 2.05) is 50.0 Å². The number of carbonyl (C=O) groups is 1. The molecule has 0 aliphatic carbocycles. The van der Waals surface area contributed by atoms with Crippen LogP contribution in [-0.4, -0.2) is 102 Å². The van der Waals surface area contributed by atoms with Gasteiger partial charge in [0.1, 0.15) is 29.3 Å². The molecule has 2 aromatic rings. The fourth-order valence-corrected chi connectivity index (χ4v) is 5.23. The molecule has 0 spiro atoms. The molecule has 4 aliphatic rings. The molecule has 0 atom stereocenters. The van der Waals surface area contributed by atoms with Gasteiger partial charge in [-0.15, -0.1) is 0 Å². The van der Waals surface area contributed by atoms with Crippen LogP contribution in [0.4, 0.5) is 16.3 Å². The number of nitrogens with zero attached hydrogens (tertiary/aromatic N) is 8. The van der Waals surface area contributed by atoms with Gasteiger partial charge in [0.05, 0.1) is 31.6 Å². The molecule has 41 heavy (non-hydrogen) atoms. The summed E-state index contributed by atoms with van der Waals surface area (Å²) in [6, 6.07) is 7.93. The molecule has 6 rings (SSSR count). The van der Waals surface area contributed by atoms with Gasteiger partial charge in [-0.2, -0.15) is 4.98 Å². The van der Waals surface area contributed by atoms with Crippen LogP contribution < -0.4 is 15.1 Å². The van der Waals surface area contributed by atoms with Gasteiger partial charge in [0, 0.05) is 50.7 Å². The lowest BCUT2D eigenvalue weighted by molar-refractivity contribution is 0.0240. The molecule has 12 heteroatoms. The van der Waals surface area contributed by atoms with Crippen molar-refractivity contribution in [2.45, 2.75) is 26.4 Å². The molecule has 0 radical (unpaired) electrons. The number of aliphatic imine (C=N–C) groups is 2. The van der Waals surface area contributed by atoms with Gasteiger partial charge < -0.3 is 24.2 Å². The Morgan fingerprint density at radius 3 is 2.54 bits per heavy atom. The maximum absolute atomic E-state index is 12.4. The average molecular weight is 558 g/mol. The number of hydrogen-bond acceptors (Lipinski definition) is 11. The van der Waals surface area contributed by atoms with E-state index in [0.29, 0.717) is 38.6 Å². The van der Waals surface area contributed by atoms with Crippen LogP contribution in [0.3, 0.4) is 0 Å². The molecule has 1 fully saturated rings. The van der Waals surface area contributed by atoms with Crippen molar-refractivity contribution in [3.05, 3.63) is 59.7 Å². The largest absolute Gasteiger partial charge is 0.479 e. The molecule has 2 aromatic heterocycles. The van der Waals surface area contributed by atoms with Gasteiger partial charge in [-0.3, -0.25) is 20.4 Å². The van der Waals surface area contributed by atoms with Crippen molar-refractivity contribution in [1.29, 1.82) is 0 Å². The monoisotopic (exact) mass is 557 g/mol. The SMILES string of the molecule is COc1nc(N2CCN(C(=O)OC(C)(C)C)CC2)ccc1NN1C=NC2=C(C1)N1CCN=C1C(c1ccncc1)=C2. The Hall–Kier alpha value is -4.61. The zero-order chi connectivity index (χ0) is 28.6. The maximum Gasteiger partial charge on any atom is 0.410 e. The number of rotatable bonds is 5. The smallest absolute Gasteiger partial charge is 0.410 e. The number of allylic oxidation sites excluding steroid dienone is 1. The van der Waals surface area contributed by atoms with Crippen molar-refractivity contribution < 1.29 is 14.3 Å². The first-order chi connectivity index (χ1) is 19.8.